The summed E-state index contributed by atoms with van der Waals surface area (Å²) in [5.41, 5.74) is 2.90. The zero-order chi connectivity index (χ0) is 19.9. The third kappa shape index (κ3) is 6.77. The van der Waals surface area contributed by atoms with Crippen molar-refractivity contribution in [2.75, 3.05) is 13.2 Å². The standard InChI is InChI=1S/C22H28N2O3/c1-16(25)24-15-17-5-7-18(8-6-17)21(26)23-13-14-27-20-11-9-19(10-12-20)22(2,3)4/h5-12H,13-15H2,1-4H3,(H,23,26)(H,24,25). The van der Waals surface area contributed by atoms with Crippen molar-refractivity contribution in [2.45, 2.75) is 39.7 Å². The van der Waals surface area contributed by atoms with Crippen molar-refractivity contribution in [1.29, 1.82) is 0 Å². The smallest absolute Gasteiger partial charge is 0.251 e. The number of hydrogen-bond donors (Lipinski definition) is 2. The summed E-state index contributed by atoms with van der Waals surface area (Å²) in [4.78, 5) is 23.1. The maximum atomic E-state index is 12.2. The van der Waals surface area contributed by atoms with Gasteiger partial charge in [0.25, 0.3) is 5.91 Å². The van der Waals surface area contributed by atoms with Crippen LogP contribution >= 0.6 is 0 Å². The molecular weight excluding hydrogens is 340 g/mol. The molecule has 0 bridgehead atoms. The number of carbonyl (C=O) groups excluding carboxylic acids is 2. The first-order chi connectivity index (χ1) is 12.8. The monoisotopic (exact) mass is 368 g/mol. The molecule has 0 saturated heterocycles. The van der Waals surface area contributed by atoms with Gasteiger partial charge >= 0.3 is 0 Å². The molecule has 144 valence electrons. The fraction of sp³-hybridized carbons (Fsp3) is 0.364. The molecule has 2 amide bonds. The van der Waals surface area contributed by atoms with Gasteiger partial charge in [-0.15, -0.1) is 0 Å². The Morgan fingerprint density at radius 3 is 2.11 bits per heavy atom. The Morgan fingerprint density at radius 2 is 1.56 bits per heavy atom. The highest BCUT2D eigenvalue weighted by atomic mass is 16.5. The Balaban J connectivity index is 1.75. The quantitative estimate of drug-likeness (QED) is 0.736. The van der Waals surface area contributed by atoms with E-state index in [1.54, 1.807) is 12.1 Å². The van der Waals surface area contributed by atoms with Gasteiger partial charge in [-0.1, -0.05) is 45.0 Å². The molecule has 5 heteroatoms. The Bertz CT molecular complexity index is 760. The van der Waals surface area contributed by atoms with Crippen LogP contribution in [0.25, 0.3) is 0 Å². The highest BCUT2D eigenvalue weighted by molar-refractivity contribution is 5.94. The fourth-order valence-electron chi connectivity index (χ4n) is 2.49. The van der Waals surface area contributed by atoms with E-state index in [0.717, 1.165) is 11.3 Å². The summed E-state index contributed by atoms with van der Waals surface area (Å²) >= 11 is 0. The minimum absolute atomic E-state index is 0.0788. The van der Waals surface area contributed by atoms with Crippen molar-refractivity contribution in [3.05, 3.63) is 65.2 Å². The molecule has 2 N–H and O–H groups in total. The Kier molecular flexibility index (Phi) is 6.99. The van der Waals surface area contributed by atoms with Gasteiger partial charge in [0.1, 0.15) is 12.4 Å². The van der Waals surface area contributed by atoms with Gasteiger partial charge in [-0.25, -0.2) is 0 Å². The van der Waals surface area contributed by atoms with Crippen LogP contribution in [0.2, 0.25) is 0 Å². The maximum Gasteiger partial charge on any atom is 0.251 e. The van der Waals surface area contributed by atoms with Crippen molar-refractivity contribution in [3.63, 3.8) is 0 Å². The van der Waals surface area contributed by atoms with Crippen LogP contribution in [-0.2, 0) is 16.8 Å². The first-order valence-corrected chi connectivity index (χ1v) is 9.10. The van der Waals surface area contributed by atoms with E-state index >= 15 is 0 Å². The minimum atomic E-state index is -0.146. The average molecular weight is 368 g/mol. The van der Waals surface area contributed by atoms with Crippen molar-refractivity contribution in [3.8, 4) is 5.75 Å². The summed E-state index contributed by atoms with van der Waals surface area (Å²) in [5, 5.41) is 5.56. The highest BCUT2D eigenvalue weighted by Gasteiger charge is 2.13. The third-order valence-electron chi connectivity index (χ3n) is 4.13. The second-order valence-electron chi connectivity index (χ2n) is 7.49. The van der Waals surface area contributed by atoms with Crippen LogP contribution in [0.3, 0.4) is 0 Å². The molecule has 0 fully saturated rings. The number of rotatable bonds is 7. The van der Waals surface area contributed by atoms with Crippen LogP contribution in [0.5, 0.6) is 5.75 Å². The van der Waals surface area contributed by atoms with Gasteiger partial charge < -0.3 is 15.4 Å². The molecule has 0 aliphatic heterocycles. The lowest BCUT2D eigenvalue weighted by Crippen LogP contribution is -2.28. The molecule has 0 atom stereocenters. The Hall–Kier alpha value is -2.82. The van der Waals surface area contributed by atoms with Crippen LogP contribution < -0.4 is 15.4 Å². The molecule has 2 rings (SSSR count). The van der Waals surface area contributed by atoms with E-state index in [4.69, 9.17) is 4.74 Å². The van der Waals surface area contributed by atoms with Crippen LogP contribution in [0.4, 0.5) is 0 Å². The molecule has 0 radical (unpaired) electrons. The maximum absolute atomic E-state index is 12.2. The molecule has 5 nitrogen and oxygen atoms in total. The summed E-state index contributed by atoms with van der Waals surface area (Å²) in [5.74, 6) is 0.567. The zero-order valence-corrected chi connectivity index (χ0v) is 16.5. The molecule has 0 spiro atoms. The first kappa shape index (κ1) is 20.5. The van der Waals surface area contributed by atoms with Gasteiger partial charge in [0.15, 0.2) is 0 Å². The second-order valence-corrected chi connectivity index (χ2v) is 7.49. The summed E-state index contributed by atoms with van der Waals surface area (Å²) in [6.07, 6.45) is 0. The lowest BCUT2D eigenvalue weighted by Gasteiger charge is -2.19. The van der Waals surface area contributed by atoms with Crippen LogP contribution in [0.1, 0.15) is 49.2 Å². The van der Waals surface area contributed by atoms with E-state index < -0.39 is 0 Å². The normalized spacial score (nSPS) is 11.0. The Labute approximate surface area is 161 Å². The number of ether oxygens (including phenoxy) is 1. The van der Waals surface area contributed by atoms with Crippen LogP contribution in [0, 0.1) is 0 Å². The van der Waals surface area contributed by atoms with Gasteiger partial charge in [0.05, 0.1) is 6.54 Å². The molecule has 0 aliphatic rings. The summed E-state index contributed by atoms with van der Waals surface area (Å²) in [7, 11) is 0. The predicted octanol–water partition coefficient (Wildman–Crippen LogP) is 3.43. The van der Waals surface area contributed by atoms with Gasteiger partial charge in [-0.05, 0) is 40.8 Å². The molecule has 2 aromatic rings. The van der Waals surface area contributed by atoms with Gasteiger partial charge in [-0.3, -0.25) is 9.59 Å². The SMILES string of the molecule is CC(=O)NCc1ccc(C(=O)NCCOc2ccc(C(C)(C)C)cc2)cc1. The highest BCUT2D eigenvalue weighted by Crippen LogP contribution is 2.24. The lowest BCUT2D eigenvalue weighted by atomic mass is 9.87. The Morgan fingerprint density at radius 1 is 0.926 bits per heavy atom. The van der Waals surface area contributed by atoms with Gasteiger partial charge in [-0.2, -0.15) is 0 Å². The third-order valence-corrected chi connectivity index (χ3v) is 4.13. The summed E-state index contributed by atoms with van der Waals surface area (Å²) < 4.78 is 5.68. The largest absolute Gasteiger partial charge is 0.492 e. The van der Waals surface area contributed by atoms with E-state index in [-0.39, 0.29) is 17.2 Å². The van der Waals surface area contributed by atoms with E-state index in [9.17, 15) is 9.59 Å². The molecule has 2 aromatic carbocycles. The number of hydrogen-bond acceptors (Lipinski definition) is 3. The molecule has 0 saturated carbocycles. The van der Waals surface area contributed by atoms with Crippen molar-refractivity contribution in [1.82, 2.24) is 10.6 Å². The minimum Gasteiger partial charge on any atom is -0.492 e. The van der Waals surface area contributed by atoms with Gasteiger partial charge in [0, 0.05) is 19.0 Å². The molecule has 0 aromatic heterocycles. The number of nitrogens with one attached hydrogen (secondary N) is 2. The van der Waals surface area contributed by atoms with E-state index in [1.807, 2.05) is 24.3 Å². The predicted molar refractivity (Wildman–Crippen MR) is 107 cm³/mol. The van der Waals surface area contributed by atoms with Crippen molar-refractivity contribution >= 4 is 11.8 Å². The van der Waals surface area contributed by atoms with E-state index in [2.05, 4.69) is 43.5 Å². The van der Waals surface area contributed by atoms with Crippen LogP contribution in [0.15, 0.2) is 48.5 Å². The molecule has 0 aliphatic carbocycles. The summed E-state index contributed by atoms with van der Waals surface area (Å²) in [6.45, 7) is 9.27. The zero-order valence-electron chi connectivity index (χ0n) is 16.5. The van der Waals surface area contributed by atoms with Crippen molar-refractivity contribution < 1.29 is 14.3 Å². The van der Waals surface area contributed by atoms with Crippen molar-refractivity contribution in [2.24, 2.45) is 0 Å². The number of amides is 2. The summed E-state index contributed by atoms with van der Waals surface area (Å²) in [6, 6.07) is 15.2. The number of benzene rings is 2. The molecule has 0 unspecified atom stereocenters. The fourth-order valence-corrected chi connectivity index (χ4v) is 2.49. The molecule has 27 heavy (non-hydrogen) atoms. The number of carbonyl (C=O) groups is 2. The van der Waals surface area contributed by atoms with Gasteiger partial charge in [0.2, 0.25) is 5.91 Å². The lowest BCUT2D eigenvalue weighted by molar-refractivity contribution is -0.119. The first-order valence-electron chi connectivity index (χ1n) is 9.10. The molecule has 0 heterocycles. The molecular formula is C22H28N2O3. The topological polar surface area (TPSA) is 67.4 Å². The van der Waals surface area contributed by atoms with E-state index in [0.29, 0.717) is 25.3 Å². The average Bonchev–Trinajstić information content (AvgIpc) is 2.63. The van der Waals surface area contributed by atoms with Crippen LogP contribution in [-0.4, -0.2) is 25.0 Å². The van der Waals surface area contributed by atoms with E-state index in [1.165, 1.54) is 12.5 Å². The second kappa shape index (κ2) is 9.21.